The fourth-order valence-electron chi connectivity index (χ4n) is 4.11. The van der Waals surface area contributed by atoms with Crippen molar-refractivity contribution in [3.63, 3.8) is 0 Å². The van der Waals surface area contributed by atoms with E-state index in [1.807, 2.05) is 16.4 Å². The molecule has 1 saturated heterocycles. The third-order valence-corrected chi connectivity index (χ3v) is 6.52. The number of aromatic nitrogens is 5. The Balaban J connectivity index is 1.45. The van der Waals surface area contributed by atoms with Crippen LogP contribution in [0.15, 0.2) is 24.3 Å². The fraction of sp³-hybridized carbons (Fsp3) is 0.450. The summed E-state index contributed by atoms with van der Waals surface area (Å²) in [4.78, 5) is 21.4. The second-order valence-electron chi connectivity index (χ2n) is 7.85. The Hall–Kier alpha value is -2.79. The molecule has 1 fully saturated rings. The predicted molar refractivity (Wildman–Crippen MR) is 110 cm³/mol. The van der Waals surface area contributed by atoms with Gasteiger partial charge in [0.1, 0.15) is 17.8 Å². The van der Waals surface area contributed by atoms with Crippen LogP contribution in [0.5, 0.6) is 0 Å². The lowest BCUT2D eigenvalue weighted by Crippen LogP contribution is -2.50. The van der Waals surface area contributed by atoms with Crippen molar-refractivity contribution in [3.8, 4) is 10.8 Å². The Labute approximate surface area is 181 Å². The van der Waals surface area contributed by atoms with Crippen LogP contribution in [-0.2, 0) is 6.54 Å². The molecule has 8 nitrogen and oxygen atoms in total. The summed E-state index contributed by atoms with van der Waals surface area (Å²) in [7, 11) is 0. The number of nitrogens with zero attached hydrogens (tertiary/aromatic N) is 7. The maximum Gasteiger partial charge on any atom is 0.254 e. The molecule has 1 unspecified atom stereocenters. The van der Waals surface area contributed by atoms with Crippen LogP contribution in [0, 0.1) is 12.7 Å². The Morgan fingerprint density at radius 3 is 2.65 bits per heavy atom. The van der Waals surface area contributed by atoms with E-state index in [1.165, 1.54) is 35.8 Å². The highest BCUT2D eigenvalue weighted by Crippen LogP contribution is 2.33. The lowest BCUT2D eigenvalue weighted by molar-refractivity contribution is 0.0425. The molecule has 5 rings (SSSR count). The van der Waals surface area contributed by atoms with Crippen LogP contribution in [0.25, 0.3) is 10.8 Å². The number of likely N-dealkylation sites (tertiary alicyclic amines) is 1. The first-order valence-corrected chi connectivity index (χ1v) is 10.9. The normalized spacial score (nSPS) is 19.3. The summed E-state index contributed by atoms with van der Waals surface area (Å²) in [6.07, 6.45) is -0.174. The zero-order chi connectivity index (χ0) is 21.5. The molecule has 2 aliphatic rings. The van der Waals surface area contributed by atoms with Gasteiger partial charge in [-0.15, -0.1) is 10.2 Å². The molecule has 0 saturated carbocycles. The molecule has 1 aromatic carbocycles. The number of fused-ring (bicyclic) bond motifs is 1. The lowest BCUT2D eigenvalue weighted by atomic mass is 10.0. The highest BCUT2D eigenvalue weighted by atomic mass is 32.1. The van der Waals surface area contributed by atoms with Gasteiger partial charge in [-0.1, -0.05) is 0 Å². The lowest BCUT2D eigenvalue weighted by Gasteiger charge is -2.39. The van der Waals surface area contributed by atoms with Gasteiger partial charge in [0.25, 0.3) is 5.91 Å². The number of carbonyl (C=O) groups excluding carboxylic acids is 1. The smallest absolute Gasteiger partial charge is 0.254 e. The molecule has 4 heterocycles. The van der Waals surface area contributed by atoms with Gasteiger partial charge in [-0.2, -0.15) is 4.37 Å². The Kier molecular flexibility index (Phi) is 5.22. The molecule has 3 aromatic rings. The standard InChI is InChI=1S/C20H21F2N7OS/c1-12-23-19(31-26-12)18-25-24-17-16(6-7-27-10-15(22)11-27)28(8-9-29(17)18)20(30)13-2-4-14(21)5-3-13/h2-5,15-16H,6-11H2,1H3. The Morgan fingerprint density at radius 1 is 1.19 bits per heavy atom. The topological polar surface area (TPSA) is 80.0 Å². The number of rotatable bonds is 5. The van der Waals surface area contributed by atoms with E-state index in [4.69, 9.17) is 0 Å². The minimum Gasteiger partial charge on any atom is -0.327 e. The summed E-state index contributed by atoms with van der Waals surface area (Å²) >= 11 is 1.27. The SMILES string of the molecule is Cc1nsc(-c2nnc3n2CCN(C(=O)c2ccc(F)cc2)C3CCN2CC(F)C2)n1. The molecule has 0 spiro atoms. The molecule has 0 aliphatic carbocycles. The van der Waals surface area contributed by atoms with Crippen LogP contribution in [-0.4, -0.2) is 72.2 Å². The molecule has 162 valence electrons. The molecule has 1 amide bonds. The average molecular weight is 445 g/mol. The van der Waals surface area contributed by atoms with Crippen LogP contribution < -0.4 is 0 Å². The van der Waals surface area contributed by atoms with Gasteiger partial charge in [-0.25, -0.2) is 13.8 Å². The van der Waals surface area contributed by atoms with Gasteiger partial charge in [0.2, 0.25) is 0 Å². The molecule has 0 radical (unpaired) electrons. The Morgan fingerprint density at radius 2 is 1.97 bits per heavy atom. The second kappa shape index (κ2) is 8.04. The molecule has 0 N–H and O–H groups in total. The van der Waals surface area contributed by atoms with Gasteiger partial charge >= 0.3 is 0 Å². The minimum atomic E-state index is -0.779. The fourth-order valence-corrected chi connectivity index (χ4v) is 4.78. The quantitative estimate of drug-likeness (QED) is 0.600. The number of benzene rings is 1. The van der Waals surface area contributed by atoms with Gasteiger partial charge < -0.3 is 9.47 Å². The van der Waals surface area contributed by atoms with Crippen molar-refractivity contribution in [1.82, 2.24) is 33.9 Å². The van der Waals surface area contributed by atoms with Crippen molar-refractivity contribution < 1.29 is 13.6 Å². The number of hydrogen-bond donors (Lipinski definition) is 0. The molecule has 2 aromatic heterocycles. The van der Waals surface area contributed by atoms with Gasteiger partial charge in [0.15, 0.2) is 16.7 Å². The summed E-state index contributed by atoms with van der Waals surface area (Å²) in [5, 5.41) is 9.44. The number of aryl methyl sites for hydroxylation is 1. The summed E-state index contributed by atoms with van der Waals surface area (Å²) in [5.41, 5.74) is 0.423. The highest BCUT2D eigenvalue weighted by molar-refractivity contribution is 7.09. The zero-order valence-electron chi connectivity index (χ0n) is 16.9. The van der Waals surface area contributed by atoms with E-state index in [0.717, 1.165) is 0 Å². The van der Waals surface area contributed by atoms with Gasteiger partial charge in [0, 0.05) is 38.3 Å². The molecule has 1 atom stereocenters. The maximum absolute atomic E-state index is 13.3. The number of amides is 1. The van der Waals surface area contributed by atoms with Crippen molar-refractivity contribution in [1.29, 1.82) is 0 Å². The van der Waals surface area contributed by atoms with Gasteiger partial charge in [0.05, 0.1) is 6.04 Å². The van der Waals surface area contributed by atoms with Crippen molar-refractivity contribution in [2.45, 2.75) is 32.1 Å². The van der Waals surface area contributed by atoms with E-state index in [9.17, 15) is 13.6 Å². The van der Waals surface area contributed by atoms with E-state index in [-0.39, 0.29) is 17.8 Å². The molecule has 31 heavy (non-hydrogen) atoms. The highest BCUT2D eigenvalue weighted by Gasteiger charge is 2.36. The van der Waals surface area contributed by atoms with Crippen LogP contribution in [0.4, 0.5) is 8.78 Å². The minimum absolute atomic E-state index is 0.181. The third-order valence-electron chi connectivity index (χ3n) is 5.72. The van der Waals surface area contributed by atoms with E-state index >= 15 is 0 Å². The first-order valence-electron chi connectivity index (χ1n) is 10.2. The zero-order valence-corrected chi connectivity index (χ0v) is 17.7. The average Bonchev–Trinajstić information content (AvgIpc) is 3.36. The van der Waals surface area contributed by atoms with Crippen molar-refractivity contribution in [2.24, 2.45) is 0 Å². The van der Waals surface area contributed by atoms with Gasteiger partial charge in [-0.3, -0.25) is 9.69 Å². The maximum atomic E-state index is 13.3. The molecular formula is C20H21F2N7OS. The second-order valence-corrected chi connectivity index (χ2v) is 8.60. The van der Waals surface area contributed by atoms with Crippen LogP contribution in [0.2, 0.25) is 0 Å². The number of alkyl halides is 1. The summed E-state index contributed by atoms with van der Waals surface area (Å²) in [5.74, 6) is 1.44. The summed E-state index contributed by atoms with van der Waals surface area (Å²) in [6, 6.07) is 5.23. The van der Waals surface area contributed by atoms with Crippen LogP contribution in [0.3, 0.4) is 0 Å². The summed E-state index contributed by atoms with van der Waals surface area (Å²) < 4.78 is 32.8. The first-order chi connectivity index (χ1) is 15.0. The van der Waals surface area contributed by atoms with E-state index in [1.54, 1.807) is 4.90 Å². The van der Waals surface area contributed by atoms with E-state index in [0.29, 0.717) is 67.2 Å². The molecular weight excluding hydrogens is 424 g/mol. The Bertz CT molecular complexity index is 1090. The van der Waals surface area contributed by atoms with Gasteiger partial charge in [-0.05, 0) is 49.1 Å². The molecule has 11 heteroatoms. The van der Waals surface area contributed by atoms with Crippen molar-refractivity contribution >= 4 is 17.4 Å². The third kappa shape index (κ3) is 3.83. The van der Waals surface area contributed by atoms with Crippen molar-refractivity contribution in [2.75, 3.05) is 26.2 Å². The predicted octanol–water partition coefficient (Wildman–Crippen LogP) is 2.49. The molecule has 0 bridgehead atoms. The van der Waals surface area contributed by atoms with Crippen molar-refractivity contribution in [3.05, 3.63) is 47.3 Å². The largest absolute Gasteiger partial charge is 0.327 e. The monoisotopic (exact) mass is 445 g/mol. The molecule has 2 aliphatic heterocycles. The number of carbonyl (C=O) groups is 1. The summed E-state index contributed by atoms with van der Waals surface area (Å²) in [6.45, 7) is 4.29. The number of hydrogen-bond acceptors (Lipinski definition) is 7. The number of halogens is 2. The van der Waals surface area contributed by atoms with E-state index in [2.05, 4.69) is 19.6 Å². The van der Waals surface area contributed by atoms with E-state index < -0.39 is 6.17 Å². The first kappa shape index (κ1) is 20.1. The van der Waals surface area contributed by atoms with Crippen LogP contribution in [0.1, 0.15) is 34.5 Å². The van der Waals surface area contributed by atoms with Crippen LogP contribution >= 0.6 is 11.5 Å².